The minimum Gasteiger partial charge on any atom is -0.372 e. The molecule has 1 unspecified atom stereocenters. The first-order valence-electron chi connectivity index (χ1n) is 9.49. The number of nitrogens with one attached hydrogen (secondary N) is 3. The molecule has 0 saturated heterocycles. The average Bonchev–Trinajstić information content (AvgIpc) is 2.73. The van der Waals surface area contributed by atoms with E-state index in [9.17, 15) is 14.4 Å². The third kappa shape index (κ3) is 6.53. The highest BCUT2D eigenvalue weighted by Gasteiger charge is 2.18. The van der Waals surface area contributed by atoms with Crippen LogP contribution in [0.3, 0.4) is 0 Å². The summed E-state index contributed by atoms with van der Waals surface area (Å²) in [4.78, 5) is 37.9. The number of hydrogen-bond acceptors (Lipinski definition) is 4. The zero-order valence-corrected chi connectivity index (χ0v) is 16.6. The van der Waals surface area contributed by atoms with E-state index < -0.39 is 23.9 Å². The lowest BCUT2D eigenvalue weighted by Crippen LogP contribution is -2.44. The largest absolute Gasteiger partial charge is 0.372 e. The maximum Gasteiger partial charge on any atom is 0.312 e. The van der Waals surface area contributed by atoms with Crippen molar-refractivity contribution in [2.24, 2.45) is 5.73 Å². The third-order valence-corrected chi connectivity index (χ3v) is 4.48. The molecule has 1 atom stereocenters. The van der Waals surface area contributed by atoms with Crippen molar-refractivity contribution in [2.45, 2.75) is 26.3 Å². The Balaban J connectivity index is 1.93. The van der Waals surface area contributed by atoms with Gasteiger partial charge in [0.05, 0.1) is 12.5 Å². The number of rotatable bonds is 8. The fourth-order valence-corrected chi connectivity index (χ4v) is 2.96. The number of nitrogens with two attached hydrogens (primary N) is 1. The second-order valence-electron chi connectivity index (χ2n) is 6.40. The number of nitrogens with zero attached hydrogens (tertiary/aromatic N) is 1. The van der Waals surface area contributed by atoms with Gasteiger partial charge in [-0.25, -0.2) is 4.79 Å². The van der Waals surface area contributed by atoms with Gasteiger partial charge < -0.3 is 16.0 Å². The standard InChI is InChI=1S/C21H27N5O3/c1-3-26(4-2)17-12-10-16(11-13-17)20(28)25-24-19(27)14-18(23-21(22)29)15-8-6-5-7-9-15/h5-13,18H,3-4,14H2,1-2H3,(H,24,27)(H,25,28)(H3,22,23,29). The molecule has 0 aliphatic heterocycles. The van der Waals surface area contributed by atoms with Crippen LogP contribution in [0.15, 0.2) is 54.6 Å². The number of amides is 4. The maximum atomic E-state index is 12.3. The van der Waals surface area contributed by atoms with Crippen molar-refractivity contribution in [3.05, 3.63) is 65.7 Å². The third-order valence-electron chi connectivity index (χ3n) is 4.48. The normalized spacial score (nSPS) is 11.2. The summed E-state index contributed by atoms with van der Waals surface area (Å²) in [5, 5.41) is 2.53. The molecule has 0 heterocycles. The summed E-state index contributed by atoms with van der Waals surface area (Å²) in [6, 6.07) is 14.8. The van der Waals surface area contributed by atoms with Crippen LogP contribution in [-0.4, -0.2) is 30.9 Å². The fraction of sp³-hybridized carbons (Fsp3) is 0.286. The molecule has 0 aliphatic rings. The highest BCUT2D eigenvalue weighted by molar-refractivity contribution is 5.95. The lowest BCUT2D eigenvalue weighted by Gasteiger charge is -2.21. The van der Waals surface area contributed by atoms with Gasteiger partial charge in [0.2, 0.25) is 5.91 Å². The van der Waals surface area contributed by atoms with Crippen LogP contribution in [0.25, 0.3) is 0 Å². The summed E-state index contributed by atoms with van der Waals surface area (Å²) in [6.45, 7) is 5.88. The second-order valence-corrected chi connectivity index (χ2v) is 6.40. The van der Waals surface area contributed by atoms with Crippen LogP contribution >= 0.6 is 0 Å². The van der Waals surface area contributed by atoms with Crippen LogP contribution in [0.2, 0.25) is 0 Å². The molecular weight excluding hydrogens is 370 g/mol. The molecule has 0 aliphatic carbocycles. The fourth-order valence-electron chi connectivity index (χ4n) is 2.96. The van der Waals surface area contributed by atoms with Crippen LogP contribution in [0.4, 0.5) is 10.5 Å². The second kappa shape index (κ2) is 10.7. The molecule has 8 nitrogen and oxygen atoms in total. The van der Waals surface area contributed by atoms with Gasteiger partial charge >= 0.3 is 6.03 Å². The summed E-state index contributed by atoms with van der Waals surface area (Å²) < 4.78 is 0. The van der Waals surface area contributed by atoms with Crippen molar-refractivity contribution in [3.8, 4) is 0 Å². The van der Waals surface area contributed by atoms with Crippen molar-refractivity contribution in [3.63, 3.8) is 0 Å². The Kier molecular flexibility index (Phi) is 8.02. The summed E-state index contributed by atoms with van der Waals surface area (Å²) in [7, 11) is 0. The Bertz CT molecular complexity index is 820. The Morgan fingerprint density at radius 1 is 0.931 bits per heavy atom. The Labute approximate surface area is 170 Å². The van der Waals surface area contributed by atoms with E-state index in [1.165, 1.54) is 0 Å². The van der Waals surface area contributed by atoms with Crippen molar-refractivity contribution in [1.29, 1.82) is 0 Å². The van der Waals surface area contributed by atoms with Gasteiger partial charge in [-0.3, -0.25) is 20.4 Å². The molecule has 0 aromatic heterocycles. The van der Waals surface area contributed by atoms with Crippen LogP contribution in [0.1, 0.15) is 42.2 Å². The number of hydrazine groups is 1. The van der Waals surface area contributed by atoms with Gasteiger partial charge in [0.1, 0.15) is 0 Å². The van der Waals surface area contributed by atoms with Crippen LogP contribution < -0.4 is 26.8 Å². The van der Waals surface area contributed by atoms with E-state index in [1.807, 2.05) is 18.2 Å². The van der Waals surface area contributed by atoms with E-state index in [4.69, 9.17) is 5.73 Å². The van der Waals surface area contributed by atoms with Gasteiger partial charge in [-0.2, -0.15) is 0 Å². The Morgan fingerprint density at radius 3 is 2.10 bits per heavy atom. The van der Waals surface area contributed by atoms with Crippen molar-refractivity contribution in [1.82, 2.24) is 16.2 Å². The molecule has 0 bridgehead atoms. The maximum absolute atomic E-state index is 12.3. The summed E-state index contributed by atoms with van der Waals surface area (Å²) in [6.07, 6.45) is -0.0753. The molecule has 8 heteroatoms. The molecule has 154 valence electrons. The van der Waals surface area contributed by atoms with Gasteiger partial charge in [-0.05, 0) is 43.7 Å². The molecule has 0 spiro atoms. The number of anilines is 1. The monoisotopic (exact) mass is 397 g/mol. The molecule has 4 amide bonds. The molecule has 2 rings (SSSR count). The number of carbonyl (C=O) groups excluding carboxylic acids is 3. The first kappa shape index (κ1) is 21.7. The van der Waals surface area contributed by atoms with Crippen LogP contribution in [0, 0.1) is 0 Å². The molecule has 29 heavy (non-hydrogen) atoms. The molecule has 0 radical (unpaired) electrons. The number of hydrogen-bond donors (Lipinski definition) is 4. The topological polar surface area (TPSA) is 117 Å². The van der Waals surface area contributed by atoms with E-state index in [1.54, 1.807) is 36.4 Å². The molecule has 5 N–H and O–H groups in total. The predicted molar refractivity (Wildman–Crippen MR) is 112 cm³/mol. The molecule has 2 aromatic rings. The summed E-state index contributed by atoms with van der Waals surface area (Å²) >= 11 is 0. The Morgan fingerprint density at radius 2 is 1.55 bits per heavy atom. The number of carbonyl (C=O) groups is 3. The zero-order valence-electron chi connectivity index (χ0n) is 16.6. The Hall–Kier alpha value is -3.55. The van der Waals surface area contributed by atoms with E-state index in [0.29, 0.717) is 5.56 Å². The van der Waals surface area contributed by atoms with Gasteiger partial charge in [-0.15, -0.1) is 0 Å². The van der Waals surface area contributed by atoms with Crippen molar-refractivity contribution in [2.75, 3.05) is 18.0 Å². The van der Waals surface area contributed by atoms with E-state index in [2.05, 4.69) is 34.9 Å². The highest BCUT2D eigenvalue weighted by Crippen LogP contribution is 2.16. The van der Waals surface area contributed by atoms with Gasteiger partial charge in [0.15, 0.2) is 0 Å². The predicted octanol–water partition coefficient (Wildman–Crippen LogP) is 2.09. The van der Waals surface area contributed by atoms with E-state index in [0.717, 1.165) is 24.3 Å². The number of primary amides is 1. The summed E-state index contributed by atoms with van der Waals surface area (Å²) in [5.41, 5.74) is 12.2. The van der Waals surface area contributed by atoms with Crippen molar-refractivity contribution < 1.29 is 14.4 Å². The first-order chi connectivity index (χ1) is 13.9. The van der Waals surface area contributed by atoms with Gasteiger partial charge in [0, 0.05) is 24.3 Å². The SMILES string of the molecule is CCN(CC)c1ccc(C(=O)NNC(=O)CC(NC(N)=O)c2ccccc2)cc1. The number of urea groups is 1. The molecule has 0 saturated carbocycles. The quantitative estimate of drug-likeness (QED) is 0.510. The lowest BCUT2D eigenvalue weighted by atomic mass is 10.0. The van der Waals surface area contributed by atoms with Crippen LogP contribution in [0.5, 0.6) is 0 Å². The molecule has 2 aromatic carbocycles. The minimum atomic E-state index is -0.732. The smallest absolute Gasteiger partial charge is 0.312 e. The molecule has 0 fully saturated rings. The minimum absolute atomic E-state index is 0.0753. The van der Waals surface area contributed by atoms with Gasteiger partial charge in [0.25, 0.3) is 5.91 Å². The molecular formula is C21H27N5O3. The van der Waals surface area contributed by atoms with Gasteiger partial charge in [-0.1, -0.05) is 30.3 Å². The van der Waals surface area contributed by atoms with Crippen LogP contribution in [-0.2, 0) is 4.79 Å². The van der Waals surface area contributed by atoms with E-state index >= 15 is 0 Å². The highest BCUT2D eigenvalue weighted by atomic mass is 16.2. The number of benzene rings is 2. The average molecular weight is 397 g/mol. The first-order valence-corrected chi connectivity index (χ1v) is 9.49. The zero-order chi connectivity index (χ0) is 21.2. The summed E-state index contributed by atoms with van der Waals surface area (Å²) in [5.74, 6) is -0.885. The van der Waals surface area contributed by atoms with Crippen molar-refractivity contribution >= 4 is 23.5 Å². The van der Waals surface area contributed by atoms with E-state index in [-0.39, 0.29) is 6.42 Å². The lowest BCUT2D eigenvalue weighted by molar-refractivity contribution is -0.122.